The van der Waals surface area contributed by atoms with Gasteiger partial charge in [0.05, 0.1) is 30.8 Å². The summed E-state index contributed by atoms with van der Waals surface area (Å²) in [4.78, 5) is 0. The van der Waals surface area contributed by atoms with Crippen LogP contribution in [-0.4, -0.2) is 93.4 Å². The maximum absolute atomic E-state index is 14.8. The predicted octanol–water partition coefficient (Wildman–Crippen LogP) is 6.79. The van der Waals surface area contributed by atoms with E-state index in [-0.39, 0.29) is 39.5 Å². The topological polar surface area (TPSA) is 64.6 Å². The Morgan fingerprint density at radius 1 is 0.739 bits per heavy atom. The molecule has 0 aromatic rings. The van der Waals surface area contributed by atoms with Gasteiger partial charge in [-0.1, -0.05) is 11.8 Å². The van der Waals surface area contributed by atoms with Gasteiger partial charge >= 0.3 is 12.2 Å². The number of rotatable bonds is 24. The molecule has 0 saturated heterocycles. The predicted molar refractivity (Wildman–Crippen MR) is 144 cm³/mol. The molecule has 0 amide bonds. The Morgan fingerprint density at radius 3 is 1.85 bits per heavy atom. The molecular formula is C29H42F9FmO7-. The molecule has 0 rings (SSSR count). The molecule has 1 unspecified atom stereocenters. The first kappa shape index (κ1) is 45.3. The molecule has 7 nitrogen and oxygen atoms in total. The van der Waals surface area contributed by atoms with E-state index in [4.69, 9.17) is 31.8 Å². The Hall–Kier alpha value is -2.79. The van der Waals surface area contributed by atoms with Gasteiger partial charge in [0.2, 0.25) is 0 Å². The Kier molecular flexibility index (Phi) is 17.7. The van der Waals surface area contributed by atoms with Crippen molar-refractivity contribution in [2.24, 2.45) is 0 Å². The van der Waals surface area contributed by atoms with Crippen molar-refractivity contribution >= 4 is 0 Å². The van der Waals surface area contributed by atoms with Crippen molar-refractivity contribution in [3.8, 4) is 24.7 Å². The monoisotopic (exact) mass is 930 g/mol. The summed E-state index contributed by atoms with van der Waals surface area (Å²) in [5, 5.41) is 0. The minimum absolute atomic E-state index is 0. The first-order chi connectivity index (χ1) is 20.2. The first-order valence-electron chi connectivity index (χ1n) is 13.6. The smallest absolute Gasteiger partial charge is 0.384 e. The van der Waals surface area contributed by atoms with Crippen LogP contribution in [0, 0.1) is 30.9 Å². The SMILES string of the molecule is C#CCOCCOC(C)(C)CC(F)(F)OC[C-](F)C(F)(F)OC(C)(C)C(F)(F)OC(C)C(F)(F)COCCC(C)(C)OCC#C.[Fm]. The fourth-order valence-corrected chi connectivity index (χ4v) is 3.20. The molecule has 0 aromatic carbocycles. The van der Waals surface area contributed by atoms with Gasteiger partial charge in [-0.25, -0.2) is 17.6 Å². The van der Waals surface area contributed by atoms with Crippen molar-refractivity contribution in [3.05, 3.63) is 6.17 Å². The van der Waals surface area contributed by atoms with Crippen LogP contribution in [0.4, 0.5) is 39.5 Å². The molecule has 0 aliphatic carbocycles. The fraction of sp³-hybridized carbons (Fsp3) is 0.828. The summed E-state index contributed by atoms with van der Waals surface area (Å²) >= 11 is 0. The third kappa shape index (κ3) is 16.7. The zero-order valence-electron chi connectivity index (χ0n) is 26.6. The van der Waals surface area contributed by atoms with Crippen LogP contribution >= 0.6 is 0 Å². The second-order valence-corrected chi connectivity index (χ2v) is 11.6. The van der Waals surface area contributed by atoms with Gasteiger partial charge in [0.15, 0.2) is 5.60 Å². The summed E-state index contributed by atoms with van der Waals surface area (Å²) in [6.07, 6.45) is -10.7. The van der Waals surface area contributed by atoms with Gasteiger partial charge in [-0.2, -0.15) is 17.6 Å². The molecule has 0 N–H and O–H groups in total. The summed E-state index contributed by atoms with van der Waals surface area (Å²) in [7, 11) is 0. The third-order valence-corrected chi connectivity index (χ3v) is 5.96. The van der Waals surface area contributed by atoms with Gasteiger partial charge in [0.25, 0.3) is 12.0 Å². The molecule has 1 atom stereocenters. The normalized spacial score (nSPS) is 14.5. The van der Waals surface area contributed by atoms with Crippen LogP contribution in [0.5, 0.6) is 0 Å². The molecule has 0 saturated carbocycles. The largest absolute Gasteiger partial charge is 0.445 e. The molecule has 0 aliphatic heterocycles. The summed E-state index contributed by atoms with van der Waals surface area (Å²) < 4.78 is 162. The van der Waals surface area contributed by atoms with Gasteiger partial charge < -0.3 is 37.5 Å². The Morgan fingerprint density at radius 2 is 1.30 bits per heavy atom. The van der Waals surface area contributed by atoms with Crippen LogP contribution in [-0.2, 0) is 33.2 Å². The summed E-state index contributed by atoms with van der Waals surface area (Å²) in [6.45, 7) is 2.77. The minimum Gasteiger partial charge on any atom is -0.445 e. The van der Waals surface area contributed by atoms with E-state index in [2.05, 4.69) is 26.1 Å². The van der Waals surface area contributed by atoms with Crippen LogP contribution in [0.2, 0.25) is 0 Å². The Labute approximate surface area is 258 Å². The average Bonchev–Trinajstić information content (AvgIpc) is 2.87. The van der Waals surface area contributed by atoms with Crippen molar-refractivity contribution in [2.45, 2.75) is 108 Å². The van der Waals surface area contributed by atoms with Crippen LogP contribution in [0.3, 0.4) is 0 Å². The van der Waals surface area contributed by atoms with E-state index in [0.29, 0.717) is 20.8 Å². The molecule has 0 aliphatic rings. The Balaban J connectivity index is 0. The van der Waals surface area contributed by atoms with Gasteiger partial charge in [-0.05, 0) is 67.7 Å². The van der Waals surface area contributed by atoms with E-state index in [1.54, 1.807) is 13.8 Å². The van der Waals surface area contributed by atoms with Crippen LogP contribution in [0.1, 0.15) is 61.3 Å². The van der Waals surface area contributed by atoms with Gasteiger partial charge in [-0.3, -0.25) is 0 Å². The second-order valence-electron chi connectivity index (χ2n) is 11.6. The third-order valence-electron chi connectivity index (χ3n) is 5.96. The molecule has 0 heterocycles. The number of terminal acetylenes is 2. The summed E-state index contributed by atoms with van der Waals surface area (Å²) in [5.74, 6) is 0.370. The van der Waals surface area contributed by atoms with Crippen molar-refractivity contribution in [2.75, 3.05) is 46.2 Å². The number of hydrogen-bond donors (Lipinski definition) is 0. The molecule has 276 valence electrons. The van der Waals surface area contributed by atoms with E-state index >= 15 is 0 Å². The van der Waals surface area contributed by atoms with Crippen molar-refractivity contribution in [3.63, 3.8) is 0 Å². The second kappa shape index (κ2) is 17.9. The van der Waals surface area contributed by atoms with Crippen molar-refractivity contribution in [1.82, 2.24) is 0 Å². The van der Waals surface area contributed by atoms with E-state index in [9.17, 15) is 39.5 Å². The van der Waals surface area contributed by atoms with Crippen molar-refractivity contribution < 1.29 is 72.7 Å². The number of alkyl halides is 8. The minimum atomic E-state index is -5.23. The van der Waals surface area contributed by atoms with E-state index in [1.165, 1.54) is 13.8 Å². The summed E-state index contributed by atoms with van der Waals surface area (Å²) in [5.41, 5.74) is -5.89. The number of ether oxygens (including phenoxy) is 7. The maximum Gasteiger partial charge on any atom is 0.384 e. The maximum atomic E-state index is 14.8. The molecule has 0 fully saturated rings. The molecule has 0 spiro atoms. The zero-order chi connectivity index (χ0) is 35.4. The average molecular weight is 931 g/mol. The van der Waals surface area contributed by atoms with E-state index in [1.807, 2.05) is 0 Å². The van der Waals surface area contributed by atoms with E-state index < -0.39 is 73.0 Å². The molecule has 0 aromatic heterocycles. The van der Waals surface area contributed by atoms with Gasteiger partial charge in [0, 0.05) is 6.61 Å². The van der Waals surface area contributed by atoms with Crippen LogP contribution in [0.25, 0.3) is 0 Å². The van der Waals surface area contributed by atoms with Crippen molar-refractivity contribution in [1.29, 1.82) is 0 Å². The quantitative estimate of drug-likeness (QED) is 0.0458. The van der Waals surface area contributed by atoms with Crippen LogP contribution in [0.15, 0.2) is 0 Å². The Bertz CT molecular complexity index is 968. The molecular weight excluding hydrogens is 888 g/mol. The van der Waals surface area contributed by atoms with Gasteiger partial charge in [0.1, 0.15) is 25.9 Å². The zero-order valence-corrected chi connectivity index (χ0v) is 29.0. The molecule has 46 heavy (non-hydrogen) atoms. The van der Waals surface area contributed by atoms with Crippen LogP contribution < -0.4 is 0 Å². The van der Waals surface area contributed by atoms with E-state index in [0.717, 1.165) is 0 Å². The van der Waals surface area contributed by atoms with Gasteiger partial charge in [-0.15, -0.1) is 12.8 Å². The molecule has 0 bridgehead atoms. The number of halogens is 9. The summed E-state index contributed by atoms with van der Waals surface area (Å²) in [6, 6.07) is 0. The molecule has 0 radical (unpaired) electrons. The fourth-order valence-electron chi connectivity index (χ4n) is 3.20. The molecule has 17 heteroatoms. The standard InChI is InChI=1S/C29H42F9O7.Fm/c1-10-13-39-16-17-42-24(6,7)19-27(33,34)43-18-22(30)28(35,36)45-25(8,9)29(37,38)44-21(3)26(31,32)20-40-15-12-23(4,5)41-14-11-2;/h1-2,21H,12-20H2,3-9H3;/q-1;. The number of hydrogen-bond acceptors (Lipinski definition) is 7. The first-order valence-corrected chi connectivity index (χ1v) is 13.6.